The Hall–Kier alpha value is -0.333. The average molecular weight is 286 g/mol. The summed E-state index contributed by atoms with van der Waals surface area (Å²) < 4.78 is 17.2. The minimum atomic E-state index is -2.74. The zero-order chi connectivity index (χ0) is 13.4. The lowest BCUT2D eigenvalue weighted by atomic mass is 10.2. The van der Waals surface area contributed by atoms with E-state index >= 15 is 0 Å². The van der Waals surface area contributed by atoms with E-state index in [1.165, 1.54) is 0 Å². The van der Waals surface area contributed by atoms with E-state index < -0.39 is 8.80 Å². The quantitative estimate of drug-likeness (QED) is 0.451. The monoisotopic (exact) mass is 286 g/mol. The van der Waals surface area contributed by atoms with Gasteiger partial charge in [0.05, 0.1) is 0 Å². The SMILES string of the molecule is CO[Si](OC)(OCCCCS)c1ccccc1C. The van der Waals surface area contributed by atoms with Crippen LogP contribution in [0.1, 0.15) is 18.4 Å². The molecule has 5 heteroatoms. The van der Waals surface area contributed by atoms with E-state index in [1.54, 1.807) is 14.2 Å². The van der Waals surface area contributed by atoms with E-state index in [4.69, 9.17) is 13.3 Å². The minimum Gasteiger partial charge on any atom is -0.373 e. The van der Waals surface area contributed by atoms with Gasteiger partial charge in [-0.2, -0.15) is 12.6 Å². The summed E-state index contributed by atoms with van der Waals surface area (Å²) in [5.41, 5.74) is 1.14. The van der Waals surface area contributed by atoms with Crippen LogP contribution < -0.4 is 5.19 Å². The Balaban J connectivity index is 2.83. The molecule has 0 saturated heterocycles. The largest absolute Gasteiger partial charge is 0.536 e. The molecule has 0 aromatic heterocycles. The van der Waals surface area contributed by atoms with Gasteiger partial charge in [-0.15, -0.1) is 0 Å². The Labute approximate surface area is 116 Å². The van der Waals surface area contributed by atoms with Crippen LogP contribution in [0.3, 0.4) is 0 Å². The van der Waals surface area contributed by atoms with Crippen molar-refractivity contribution in [2.75, 3.05) is 26.6 Å². The fourth-order valence-corrected chi connectivity index (χ4v) is 4.34. The third-order valence-corrected chi connectivity index (χ3v) is 6.05. The van der Waals surface area contributed by atoms with E-state index in [0.717, 1.165) is 29.3 Å². The van der Waals surface area contributed by atoms with Crippen molar-refractivity contribution in [2.45, 2.75) is 19.8 Å². The van der Waals surface area contributed by atoms with Gasteiger partial charge >= 0.3 is 8.80 Å². The molecule has 0 heterocycles. The first-order chi connectivity index (χ1) is 8.70. The minimum absolute atomic E-state index is 0.642. The molecule has 0 bridgehead atoms. The Bertz CT molecular complexity index is 356. The molecule has 0 fully saturated rings. The molecule has 102 valence electrons. The van der Waals surface area contributed by atoms with Gasteiger partial charge in [-0.25, -0.2) is 0 Å². The van der Waals surface area contributed by atoms with Crippen LogP contribution in [0.4, 0.5) is 0 Å². The lowest BCUT2D eigenvalue weighted by Gasteiger charge is -2.27. The number of benzene rings is 1. The van der Waals surface area contributed by atoms with Crippen molar-refractivity contribution >= 4 is 26.6 Å². The topological polar surface area (TPSA) is 27.7 Å². The van der Waals surface area contributed by atoms with Crippen LogP contribution in [0.25, 0.3) is 0 Å². The van der Waals surface area contributed by atoms with Crippen LogP contribution in [0, 0.1) is 6.92 Å². The first kappa shape index (κ1) is 15.7. The third kappa shape index (κ3) is 3.83. The zero-order valence-corrected chi connectivity index (χ0v) is 13.2. The van der Waals surface area contributed by atoms with Gasteiger partial charge in [0, 0.05) is 26.0 Å². The molecular formula is C13H22O3SSi. The molecule has 1 aromatic carbocycles. The number of unbranched alkanes of at least 4 members (excludes halogenated alkanes) is 1. The molecule has 18 heavy (non-hydrogen) atoms. The number of hydrogen-bond acceptors (Lipinski definition) is 4. The van der Waals surface area contributed by atoms with Crippen molar-refractivity contribution in [1.82, 2.24) is 0 Å². The summed E-state index contributed by atoms with van der Waals surface area (Å²) in [5, 5.41) is 1.04. The molecule has 0 atom stereocenters. The maximum absolute atomic E-state index is 5.96. The van der Waals surface area contributed by atoms with Gasteiger partial charge < -0.3 is 13.3 Å². The van der Waals surface area contributed by atoms with Crippen LogP contribution in [-0.4, -0.2) is 35.4 Å². The van der Waals surface area contributed by atoms with Crippen LogP contribution in [0.15, 0.2) is 24.3 Å². The summed E-state index contributed by atoms with van der Waals surface area (Å²) in [5.74, 6) is 0.877. The molecule has 0 aliphatic carbocycles. The smallest absolute Gasteiger partial charge is 0.373 e. The van der Waals surface area contributed by atoms with Crippen molar-refractivity contribution in [3.63, 3.8) is 0 Å². The summed E-state index contributed by atoms with van der Waals surface area (Å²) in [7, 11) is 0.568. The van der Waals surface area contributed by atoms with Crippen molar-refractivity contribution in [3.8, 4) is 0 Å². The lowest BCUT2D eigenvalue weighted by molar-refractivity contribution is 0.112. The fraction of sp³-hybridized carbons (Fsp3) is 0.538. The Morgan fingerprint density at radius 1 is 1.11 bits per heavy atom. The molecule has 0 unspecified atom stereocenters. The maximum Gasteiger partial charge on any atom is 0.536 e. The van der Waals surface area contributed by atoms with Crippen LogP contribution in [-0.2, 0) is 13.3 Å². The molecule has 0 saturated carbocycles. The predicted octanol–water partition coefficient (Wildman–Crippen LogP) is 2.16. The summed E-state index contributed by atoms with van der Waals surface area (Å²) in [4.78, 5) is 0. The summed E-state index contributed by atoms with van der Waals surface area (Å²) in [6, 6.07) is 8.06. The Kier molecular flexibility index (Phi) is 6.96. The molecule has 0 N–H and O–H groups in total. The lowest BCUT2D eigenvalue weighted by Crippen LogP contribution is -2.56. The van der Waals surface area contributed by atoms with E-state index in [9.17, 15) is 0 Å². The molecule has 0 aliphatic rings. The average Bonchev–Trinajstić information content (AvgIpc) is 2.41. The van der Waals surface area contributed by atoms with Gasteiger partial charge in [-0.05, 0) is 31.1 Å². The number of hydrogen-bond donors (Lipinski definition) is 1. The molecular weight excluding hydrogens is 264 g/mol. The fourth-order valence-electron chi connectivity index (χ4n) is 1.84. The highest BCUT2D eigenvalue weighted by Gasteiger charge is 2.42. The van der Waals surface area contributed by atoms with Gasteiger partial charge in [-0.1, -0.05) is 24.3 Å². The van der Waals surface area contributed by atoms with Gasteiger partial charge in [0.1, 0.15) is 0 Å². The van der Waals surface area contributed by atoms with Crippen LogP contribution in [0.5, 0.6) is 0 Å². The van der Waals surface area contributed by atoms with Crippen LogP contribution in [0.2, 0.25) is 0 Å². The van der Waals surface area contributed by atoms with E-state index in [-0.39, 0.29) is 0 Å². The molecule has 1 rings (SSSR count). The summed E-state index contributed by atoms with van der Waals surface area (Å²) in [6.45, 7) is 2.69. The summed E-state index contributed by atoms with van der Waals surface area (Å²) in [6.07, 6.45) is 2.01. The maximum atomic E-state index is 5.96. The van der Waals surface area contributed by atoms with Crippen molar-refractivity contribution in [1.29, 1.82) is 0 Å². The molecule has 0 radical (unpaired) electrons. The number of thiol groups is 1. The molecule has 0 amide bonds. The highest BCUT2D eigenvalue weighted by Crippen LogP contribution is 2.12. The highest BCUT2D eigenvalue weighted by atomic mass is 32.1. The predicted molar refractivity (Wildman–Crippen MR) is 79.6 cm³/mol. The van der Waals surface area contributed by atoms with Crippen molar-refractivity contribution in [3.05, 3.63) is 29.8 Å². The molecule has 0 aliphatic heterocycles. The van der Waals surface area contributed by atoms with E-state index in [0.29, 0.717) is 6.61 Å². The molecule has 1 aromatic rings. The standard InChI is InChI=1S/C13H22O3SSi/c1-12-8-4-5-9-13(12)18(14-2,15-3)16-10-6-7-11-17/h4-5,8-9,17H,6-7,10-11H2,1-3H3. The first-order valence-electron chi connectivity index (χ1n) is 6.11. The summed E-state index contributed by atoms with van der Waals surface area (Å²) >= 11 is 4.19. The molecule has 0 spiro atoms. The number of aryl methyl sites for hydroxylation is 1. The van der Waals surface area contributed by atoms with Gasteiger partial charge in [-0.3, -0.25) is 0 Å². The second-order valence-electron chi connectivity index (χ2n) is 4.06. The zero-order valence-electron chi connectivity index (χ0n) is 11.3. The third-order valence-electron chi connectivity index (χ3n) is 2.86. The Morgan fingerprint density at radius 3 is 2.33 bits per heavy atom. The van der Waals surface area contributed by atoms with E-state index in [1.807, 2.05) is 31.2 Å². The second kappa shape index (κ2) is 7.96. The van der Waals surface area contributed by atoms with Gasteiger partial charge in [0.25, 0.3) is 0 Å². The highest BCUT2D eigenvalue weighted by molar-refractivity contribution is 7.80. The number of rotatable bonds is 8. The van der Waals surface area contributed by atoms with E-state index in [2.05, 4.69) is 12.6 Å². The van der Waals surface area contributed by atoms with Crippen molar-refractivity contribution < 1.29 is 13.3 Å². The Morgan fingerprint density at radius 2 is 1.78 bits per heavy atom. The normalized spacial score (nSPS) is 11.8. The first-order valence-corrected chi connectivity index (χ1v) is 8.47. The van der Waals surface area contributed by atoms with Gasteiger partial charge in [0.2, 0.25) is 0 Å². The molecule has 3 nitrogen and oxygen atoms in total. The van der Waals surface area contributed by atoms with Crippen LogP contribution >= 0.6 is 12.6 Å². The van der Waals surface area contributed by atoms with Crippen molar-refractivity contribution in [2.24, 2.45) is 0 Å². The second-order valence-corrected chi connectivity index (χ2v) is 7.26. The van der Waals surface area contributed by atoms with Gasteiger partial charge in [0.15, 0.2) is 0 Å².